The third kappa shape index (κ3) is 2.31. The van der Waals surface area contributed by atoms with E-state index in [0.717, 1.165) is 22.3 Å². The number of thiophene rings is 1. The van der Waals surface area contributed by atoms with Crippen LogP contribution >= 0.6 is 11.3 Å². The second kappa shape index (κ2) is 4.45. The number of rotatable bonds is 3. The van der Waals surface area contributed by atoms with Crippen molar-refractivity contribution in [3.8, 4) is 0 Å². The number of carboxylic acids is 1. The van der Waals surface area contributed by atoms with E-state index in [0.29, 0.717) is 21.9 Å². The van der Waals surface area contributed by atoms with Crippen molar-refractivity contribution in [2.45, 2.75) is 20.3 Å². The lowest BCUT2D eigenvalue weighted by atomic mass is 10.00. The maximum Gasteiger partial charge on any atom is 0.346 e. The van der Waals surface area contributed by atoms with E-state index in [1.54, 1.807) is 6.07 Å². The molecule has 1 N–H and O–H groups in total. The van der Waals surface area contributed by atoms with Gasteiger partial charge in [0.15, 0.2) is 0 Å². The Balaban J connectivity index is 2.66. The van der Waals surface area contributed by atoms with Crippen molar-refractivity contribution in [3.05, 3.63) is 34.5 Å². The largest absolute Gasteiger partial charge is 0.477 e. The second-order valence-electron chi connectivity index (χ2n) is 4.45. The molecule has 0 aliphatic rings. The van der Waals surface area contributed by atoms with Gasteiger partial charge in [-0.15, -0.1) is 11.3 Å². The first-order valence-corrected chi connectivity index (χ1v) is 6.25. The Hall–Kier alpha value is -1.42. The molecule has 0 fully saturated rings. The molecular formula is C13H13FO2S. The minimum absolute atomic E-state index is 0.327. The zero-order chi connectivity index (χ0) is 12.6. The third-order valence-electron chi connectivity index (χ3n) is 2.56. The van der Waals surface area contributed by atoms with Crippen LogP contribution in [0.2, 0.25) is 0 Å². The van der Waals surface area contributed by atoms with Gasteiger partial charge in [-0.05, 0) is 35.4 Å². The molecule has 17 heavy (non-hydrogen) atoms. The number of hydrogen-bond donors (Lipinski definition) is 1. The van der Waals surface area contributed by atoms with Crippen LogP contribution in [0.15, 0.2) is 18.2 Å². The summed E-state index contributed by atoms with van der Waals surface area (Å²) in [5.41, 5.74) is 0.826. The van der Waals surface area contributed by atoms with Crippen molar-refractivity contribution in [2.24, 2.45) is 5.92 Å². The molecule has 0 aliphatic carbocycles. The smallest absolute Gasteiger partial charge is 0.346 e. The number of aromatic carboxylic acids is 1. The zero-order valence-corrected chi connectivity index (χ0v) is 10.5. The molecule has 1 aromatic carbocycles. The molecule has 2 rings (SSSR count). The average molecular weight is 252 g/mol. The van der Waals surface area contributed by atoms with Crippen LogP contribution in [0.1, 0.15) is 29.1 Å². The van der Waals surface area contributed by atoms with E-state index in [-0.39, 0.29) is 5.82 Å². The summed E-state index contributed by atoms with van der Waals surface area (Å²) < 4.78 is 13.8. The Morgan fingerprint density at radius 3 is 2.76 bits per heavy atom. The van der Waals surface area contributed by atoms with Crippen molar-refractivity contribution in [1.29, 1.82) is 0 Å². The Labute approximate surface area is 103 Å². The van der Waals surface area contributed by atoms with Gasteiger partial charge in [-0.1, -0.05) is 19.9 Å². The van der Waals surface area contributed by atoms with E-state index in [1.165, 1.54) is 12.1 Å². The number of benzene rings is 1. The highest BCUT2D eigenvalue weighted by molar-refractivity contribution is 7.21. The SMILES string of the molecule is CC(C)Cc1c(C(=O)O)sc2cc(F)ccc12. The predicted octanol–water partition coefficient (Wildman–Crippen LogP) is 3.94. The molecule has 2 aromatic rings. The molecule has 0 aliphatic heterocycles. The van der Waals surface area contributed by atoms with Crippen molar-refractivity contribution in [2.75, 3.05) is 0 Å². The lowest BCUT2D eigenvalue weighted by Gasteiger charge is -2.05. The summed E-state index contributed by atoms with van der Waals surface area (Å²) in [4.78, 5) is 11.5. The van der Waals surface area contributed by atoms with Crippen molar-refractivity contribution >= 4 is 27.4 Å². The number of carboxylic acid groups (broad SMARTS) is 1. The molecule has 1 heterocycles. The van der Waals surface area contributed by atoms with Crippen LogP contribution in [-0.2, 0) is 6.42 Å². The van der Waals surface area contributed by atoms with Gasteiger partial charge in [0.1, 0.15) is 10.7 Å². The maximum absolute atomic E-state index is 13.1. The molecule has 0 atom stereocenters. The summed E-state index contributed by atoms with van der Waals surface area (Å²) >= 11 is 1.15. The normalized spacial score (nSPS) is 11.3. The molecule has 0 saturated heterocycles. The van der Waals surface area contributed by atoms with E-state index in [4.69, 9.17) is 5.11 Å². The topological polar surface area (TPSA) is 37.3 Å². The van der Waals surface area contributed by atoms with E-state index in [9.17, 15) is 9.18 Å². The molecule has 0 bridgehead atoms. The highest BCUT2D eigenvalue weighted by Gasteiger charge is 2.18. The van der Waals surface area contributed by atoms with E-state index >= 15 is 0 Å². The summed E-state index contributed by atoms with van der Waals surface area (Å²) in [6, 6.07) is 4.45. The van der Waals surface area contributed by atoms with Gasteiger partial charge in [0.2, 0.25) is 0 Å². The first kappa shape index (κ1) is 12.0. The molecule has 90 valence electrons. The van der Waals surface area contributed by atoms with Crippen molar-refractivity contribution < 1.29 is 14.3 Å². The zero-order valence-electron chi connectivity index (χ0n) is 9.66. The Morgan fingerprint density at radius 2 is 2.18 bits per heavy atom. The fourth-order valence-electron chi connectivity index (χ4n) is 1.91. The van der Waals surface area contributed by atoms with Crippen molar-refractivity contribution in [1.82, 2.24) is 0 Å². The van der Waals surface area contributed by atoms with Crippen LogP contribution in [0.4, 0.5) is 4.39 Å². The number of halogens is 1. The second-order valence-corrected chi connectivity index (χ2v) is 5.51. The van der Waals surface area contributed by atoms with Crippen LogP contribution < -0.4 is 0 Å². The minimum atomic E-state index is -0.928. The fraction of sp³-hybridized carbons (Fsp3) is 0.308. The number of fused-ring (bicyclic) bond motifs is 1. The first-order valence-electron chi connectivity index (χ1n) is 5.43. The standard InChI is InChI=1S/C13H13FO2S/c1-7(2)5-10-9-4-3-8(14)6-11(9)17-12(10)13(15)16/h3-4,6-7H,5H2,1-2H3,(H,15,16). The third-order valence-corrected chi connectivity index (χ3v) is 3.74. The predicted molar refractivity (Wildman–Crippen MR) is 67.3 cm³/mol. The first-order chi connectivity index (χ1) is 7.99. The van der Waals surface area contributed by atoms with Crippen LogP contribution in [0.25, 0.3) is 10.1 Å². The molecule has 0 saturated carbocycles. The lowest BCUT2D eigenvalue weighted by Crippen LogP contribution is -2.01. The lowest BCUT2D eigenvalue weighted by molar-refractivity contribution is 0.0701. The summed E-state index contributed by atoms with van der Waals surface area (Å²) in [6.07, 6.45) is 0.702. The fourth-order valence-corrected chi connectivity index (χ4v) is 3.00. The highest BCUT2D eigenvalue weighted by atomic mass is 32.1. The van der Waals surface area contributed by atoms with Crippen LogP contribution in [0.5, 0.6) is 0 Å². The summed E-state index contributed by atoms with van der Waals surface area (Å²) in [6.45, 7) is 4.08. The summed E-state index contributed by atoms with van der Waals surface area (Å²) in [7, 11) is 0. The Bertz CT molecular complexity index is 572. The summed E-state index contributed by atoms with van der Waals surface area (Å²) in [5, 5.41) is 10.0. The van der Waals surface area contributed by atoms with E-state index in [2.05, 4.69) is 0 Å². The van der Waals surface area contributed by atoms with Crippen LogP contribution in [0, 0.1) is 11.7 Å². The quantitative estimate of drug-likeness (QED) is 0.898. The molecule has 0 amide bonds. The molecule has 1 aromatic heterocycles. The van der Waals surface area contributed by atoms with Crippen LogP contribution in [-0.4, -0.2) is 11.1 Å². The molecule has 0 radical (unpaired) electrons. The molecule has 0 unspecified atom stereocenters. The Kier molecular flexibility index (Phi) is 3.15. The monoisotopic (exact) mass is 252 g/mol. The van der Waals surface area contributed by atoms with Gasteiger partial charge in [0.25, 0.3) is 0 Å². The van der Waals surface area contributed by atoms with Gasteiger partial charge in [-0.25, -0.2) is 9.18 Å². The minimum Gasteiger partial charge on any atom is -0.477 e. The van der Waals surface area contributed by atoms with Crippen LogP contribution in [0.3, 0.4) is 0 Å². The number of hydrogen-bond acceptors (Lipinski definition) is 2. The van der Waals surface area contributed by atoms with E-state index in [1.807, 2.05) is 13.8 Å². The Morgan fingerprint density at radius 1 is 1.47 bits per heavy atom. The van der Waals surface area contributed by atoms with E-state index < -0.39 is 5.97 Å². The molecule has 4 heteroatoms. The van der Waals surface area contributed by atoms with Gasteiger partial charge in [0.05, 0.1) is 0 Å². The van der Waals surface area contributed by atoms with Gasteiger partial charge < -0.3 is 5.11 Å². The molecule has 0 spiro atoms. The number of carbonyl (C=O) groups is 1. The highest BCUT2D eigenvalue weighted by Crippen LogP contribution is 2.33. The molecular weight excluding hydrogens is 239 g/mol. The maximum atomic E-state index is 13.1. The molecule has 2 nitrogen and oxygen atoms in total. The van der Waals surface area contributed by atoms with Crippen molar-refractivity contribution in [3.63, 3.8) is 0 Å². The average Bonchev–Trinajstić information content (AvgIpc) is 2.55. The van der Waals surface area contributed by atoms with Gasteiger partial charge in [-0.2, -0.15) is 0 Å². The van der Waals surface area contributed by atoms with Gasteiger partial charge in [0, 0.05) is 4.70 Å². The summed E-state index contributed by atoms with van der Waals surface area (Å²) in [5.74, 6) is -0.884. The van der Waals surface area contributed by atoms with Gasteiger partial charge in [-0.3, -0.25) is 0 Å². The van der Waals surface area contributed by atoms with Gasteiger partial charge >= 0.3 is 5.97 Å².